The molecule has 21 heavy (non-hydrogen) atoms. The molecule has 6 heteroatoms. The van der Waals surface area contributed by atoms with Gasteiger partial charge < -0.3 is 10.6 Å². The van der Waals surface area contributed by atoms with E-state index in [0.717, 1.165) is 31.5 Å². The van der Waals surface area contributed by atoms with Crippen molar-refractivity contribution in [1.82, 2.24) is 20.5 Å². The molecule has 2 aliphatic heterocycles. The van der Waals surface area contributed by atoms with Crippen LogP contribution < -0.4 is 10.6 Å². The number of aryl methyl sites for hydroxylation is 1. The summed E-state index contributed by atoms with van der Waals surface area (Å²) in [4.78, 5) is 30.0. The number of pyridine rings is 1. The van der Waals surface area contributed by atoms with Crippen LogP contribution in [0.15, 0.2) is 24.5 Å². The Morgan fingerprint density at radius 1 is 1.29 bits per heavy atom. The van der Waals surface area contributed by atoms with Crippen molar-refractivity contribution >= 4 is 11.9 Å². The highest BCUT2D eigenvalue weighted by molar-refractivity contribution is 6.07. The van der Waals surface area contributed by atoms with Crippen molar-refractivity contribution in [3.8, 4) is 0 Å². The first kappa shape index (κ1) is 14.0. The molecule has 112 valence electrons. The standard InChI is InChI=1S/C15H20N4O2/c20-13-15(5-8-16-9-6-15)18-14(21)19(13)10-2-4-12-3-1-7-17-11-12/h1,3,7,11,16H,2,4-6,8-10H2,(H,18,21). The highest BCUT2D eigenvalue weighted by atomic mass is 16.2. The number of carbonyl (C=O) groups is 2. The minimum absolute atomic E-state index is 0.0554. The fourth-order valence-corrected chi connectivity index (χ4v) is 3.06. The number of rotatable bonds is 4. The first-order chi connectivity index (χ1) is 10.2. The third-order valence-electron chi connectivity index (χ3n) is 4.27. The summed E-state index contributed by atoms with van der Waals surface area (Å²) in [6.07, 6.45) is 6.49. The quantitative estimate of drug-likeness (QED) is 0.799. The zero-order chi connectivity index (χ0) is 14.7. The van der Waals surface area contributed by atoms with Crippen LogP contribution in [0.4, 0.5) is 4.79 Å². The summed E-state index contributed by atoms with van der Waals surface area (Å²) in [5.41, 5.74) is 0.470. The molecule has 2 aliphatic rings. The molecular formula is C15H20N4O2. The molecule has 1 spiro atoms. The van der Waals surface area contributed by atoms with E-state index < -0.39 is 5.54 Å². The number of carbonyl (C=O) groups excluding carboxylic acids is 2. The van der Waals surface area contributed by atoms with Gasteiger partial charge in [-0.2, -0.15) is 0 Å². The number of nitrogens with zero attached hydrogens (tertiary/aromatic N) is 2. The second-order valence-electron chi connectivity index (χ2n) is 5.68. The number of piperidine rings is 1. The number of aromatic nitrogens is 1. The summed E-state index contributed by atoms with van der Waals surface area (Å²) in [5, 5.41) is 6.12. The van der Waals surface area contributed by atoms with Crippen LogP contribution in [0.2, 0.25) is 0 Å². The molecular weight excluding hydrogens is 268 g/mol. The van der Waals surface area contributed by atoms with E-state index in [0.29, 0.717) is 19.4 Å². The maximum atomic E-state index is 12.5. The van der Waals surface area contributed by atoms with Gasteiger partial charge in [0.05, 0.1) is 0 Å². The lowest BCUT2D eigenvalue weighted by atomic mass is 9.88. The number of imide groups is 1. The Morgan fingerprint density at radius 3 is 2.81 bits per heavy atom. The van der Waals surface area contributed by atoms with Crippen molar-refractivity contribution in [1.29, 1.82) is 0 Å². The number of nitrogens with one attached hydrogen (secondary N) is 2. The van der Waals surface area contributed by atoms with E-state index in [-0.39, 0.29) is 11.9 Å². The van der Waals surface area contributed by atoms with Gasteiger partial charge in [-0.15, -0.1) is 0 Å². The third-order valence-corrected chi connectivity index (χ3v) is 4.27. The molecule has 1 aromatic rings. The Labute approximate surface area is 123 Å². The molecule has 0 atom stereocenters. The number of hydrogen-bond donors (Lipinski definition) is 2. The van der Waals surface area contributed by atoms with Crippen LogP contribution in [0.25, 0.3) is 0 Å². The Kier molecular flexibility index (Phi) is 3.88. The van der Waals surface area contributed by atoms with Gasteiger partial charge in [-0.3, -0.25) is 14.7 Å². The summed E-state index contributed by atoms with van der Waals surface area (Å²) in [5.74, 6) is -0.0554. The molecule has 0 unspecified atom stereocenters. The first-order valence-electron chi connectivity index (χ1n) is 7.45. The lowest BCUT2D eigenvalue weighted by Crippen LogP contribution is -2.53. The second-order valence-corrected chi connectivity index (χ2v) is 5.68. The van der Waals surface area contributed by atoms with Gasteiger partial charge in [0.25, 0.3) is 5.91 Å². The first-order valence-corrected chi connectivity index (χ1v) is 7.45. The van der Waals surface area contributed by atoms with Crippen LogP contribution in [0.5, 0.6) is 0 Å². The van der Waals surface area contributed by atoms with Crippen LogP contribution in [-0.4, -0.2) is 47.0 Å². The molecule has 0 saturated carbocycles. The number of hydrogen-bond acceptors (Lipinski definition) is 4. The van der Waals surface area contributed by atoms with E-state index in [2.05, 4.69) is 15.6 Å². The fraction of sp³-hybridized carbons (Fsp3) is 0.533. The van der Waals surface area contributed by atoms with E-state index >= 15 is 0 Å². The summed E-state index contributed by atoms with van der Waals surface area (Å²) in [6, 6.07) is 3.66. The van der Waals surface area contributed by atoms with Crippen LogP contribution in [0.3, 0.4) is 0 Å². The zero-order valence-corrected chi connectivity index (χ0v) is 12.0. The molecule has 3 heterocycles. The van der Waals surface area contributed by atoms with Gasteiger partial charge in [-0.25, -0.2) is 4.79 Å². The molecule has 0 bridgehead atoms. The van der Waals surface area contributed by atoms with Gasteiger partial charge >= 0.3 is 6.03 Å². The Morgan fingerprint density at radius 2 is 2.10 bits per heavy atom. The molecule has 0 aromatic carbocycles. The SMILES string of the molecule is O=C1NC2(CCNCC2)C(=O)N1CCCc1cccnc1. The summed E-state index contributed by atoms with van der Waals surface area (Å²) < 4.78 is 0. The number of amides is 3. The molecule has 2 fully saturated rings. The number of urea groups is 1. The summed E-state index contributed by atoms with van der Waals surface area (Å²) >= 11 is 0. The average molecular weight is 288 g/mol. The summed E-state index contributed by atoms with van der Waals surface area (Å²) in [7, 11) is 0. The van der Waals surface area contributed by atoms with Crippen LogP contribution in [-0.2, 0) is 11.2 Å². The van der Waals surface area contributed by atoms with Crippen LogP contribution in [0, 0.1) is 0 Å². The highest BCUT2D eigenvalue weighted by Gasteiger charge is 2.50. The van der Waals surface area contributed by atoms with Crippen molar-refractivity contribution in [2.24, 2.45) is 0 Å². The van der Waals surface area contributed by atoms with Gasteiger partial charge in [-0.05, 0) is 50.4 Å². The van der Waals surface area contributed by atoms with Crippen molar-refractivity contribution in [3.63, 3.8) is 0 Å². The Hall–Kier alpha value is -1.95. The smallest absolute Gasteiger partial charge is 0.323 e. The van der Waals surface area contributed by atoms with Gasteiger partial charge in [0.15, 0.2) is 0 Å². The fourth-order valence-electron chi connectivity index (χ4n) is 3.06. The molecule has 3 amide bonds. The van der Waals surface area contributed by atoms with Gasteiger partial charge in [0.2, 0.25) is 0 Å². The zero-order valence-electron chi connectivity index (χ0n) is 12.0. The molecule has 0 aliphatic carbocycles. The molecule has 3 rings (SSSR count). The van der Waals surface area contributed by atoms with Crippen molar-refractivity contribution in [2.45, 2.75) is 31.2 Å². The van der Waals surface area contributed by atoms with Gasteiger partial charge in [0.1, 0.15) is 5.54 Å². The average Bonchev–Trinajstić information content (AvgIpc) is 2.73. The van der Waals surface area contributed by atoms with E-state index in [9.17, 15) is 9.59 Å². The maximum Gasteiger partial charge on any atom is 0.325 e. The molecule has 6 nitrogen and oxygen atoms in total. The predicted molar refractivity (Wildman–Crippen MR) is 77.6 cm³/mol. The van der Waals surface area contributed by atoms with Gasteiger partial charge in [-0.1, -0.05) is 6.07 Å². The molecule has 2 saturated heterocycles. The normalized spacial score (nSPS) is 20.9. The topological polar surface area (TPSA) is 74.3 Å². The van der Waals surface area contributed by atoms with E-state index in [1.807, 2.05) is 18.3 Å². The molecule has 2 N–H and O–H groups in total. The third kappa shape index (κ3) is 2.76. The lowest BCUT2D eigenvalue weighted by molar-refractivity contribution is -0.132. The Balaban J connectivity index is 1.58. The van der Waals surface area contributed by atoms with Crippen LogP contribution >= 0.6 is 0 Å². The Bertz CT molecular complexity index is 526. The van der Waals surface area contributed by atoms with Crippen LogP contribution in [0.1, 0.15) is 24.8 Å². The highest BCUT2D eigenvalue weighted by Crippen LogP contribution is 2.27. The predicted octanol–water partition coefficient (Wildman–Crippen LogP) is 0.688. The van der Waals surface area contributed by atoms with Crippen molar-refractivity contribution < 1.29 is 9.59 Å². The monoisotopic (exact) mass is 288 g/mol. The van der Waals surface area contributed by atoms with E-state index in [1.54, 1.807) is 6.20 Å². The minimum Gasteiger partial charge on any atom is -0.323 e. The van der Waals surface area contributed by atoms with Crippen molar-refractivity contribution in [2.75, 3.05) is 19.6 Å². The van der Waals surface area contributed by atoms with E-state index in [4.69, 9.17) is 0 Å². The molecule has 1 aromatic heterocycles. The lowest BCUT2D eigenvalue weighted by Gasteiger charge is -2.31. The van der Waals surface area contributed by atoms with E-state index in [1.165, 1.54) is 4.90 Å². The summed E-state index contributed by atoms with van der Waals surface area (Å²) in [6.45, 7) is 2.01. The second kappa shape index (κ2) is 5.81. The largest absolute Gasteiger partial charge is 0.325 e. The van der Waals surface area contributed by atoms with Gasteiger partial charge in [0, 0.05) is 18.9 Å². The van der Waals surface area contributed by atoms with Crippen molar-refractivity contribution in [3.05, 3.63) is 30.1 Å². The molecule has 0 radical (unpaired) electrons. The minimum atomic E-state index is -0.656. The maximum absolute atomic E-state index is 12.5.